The third-order valence-corrected chi connectivity index (χ3v) is 6.57. The quantitative estimate of drug-likeness (QED) is 0.517. The Bertz CT molecular complexity index is 1220. The van der Waals surface area contributed by atoms with E-state index in [1.807, 2.05) is 54.6 Å². The van der Waals surface area contributed by atoms with E-state index >= 15 is 0 Å². The first-order valence-corrected chi connectivity index (χ1v) is 10.6. The predicted molar refractivity (Wildman–Crippen MR) is 111 cm³/mol. The van der Waals surface area contributed by atoms with Crippen LogP contribution in [-0.2, 0) is 16.4 Å². The Morgan fingerprint density at radius 2 is 1.54 bits per heavy atom. The largest absolute Gasteiger partial charge is 0.379 e. The molecule has 0 aliphatic carbocycles. The molecular formula is C22H18ClN2O2S+. The van der Waals surface area contributed by atoms with Gasteiger partial charge in [0, 0.05) is 17.6 Å². The van der Waals surface area contributed by atoms with E-state index in [-0.39, 0.29) is 9.79 Å². The van der Waals surface area contributed by atoms with Crippen molar-refractivity contribution in [3.05, 3.63) is 95.6 Å². The van der Waals surface area contributed by atoms with Gasteiger partial charge >= 0.3 is 0 Å². The summed E-state index contributed by atoms with van der Waals surface area (Å²) in [5.74, 6) is 0. The molecule has 1 heterocycles. The van der Waals surface area contributed by atoms with Gasteiger partial charge in [-0.3, -0.25) is 0 Å². The highest BCUT2D eigenvalue weighted by atomic mass is 35.5. The van der Waals surface area contributed by atoms with E-state index in [1.165, 1.54) is 12.1 Å². The Labute approximate surface area is 168 Å². The van der Waals surface area contributed by atoms with Gasteiger partial charge in [0.2, 0.25) is 15.4 Å². The minimum atomic E-state index is -3.73. The number of anilines is 1. The highest BCUT2D eigenvalue weighted by molar-refractivity contribution is 7.91. The van der Waals surface area contributed by atoms with Crippen molar-refractivity contribution < 1.29 is 13.4 Å². The van der Waals surface area contributed by atoms with Crippen LogP contribution < -0.4 is 10.3 Å². The van der Waals surface area contributed by atoms with Crippen molar-refractivity contribution in [1.29, 1.82) is 0 Å². The number of nitrogens with one attached hydrogen (secondary N) is 2. The maximum atomic E-state index is 13.3. The molecule has 0 atom stereocenters. The number of hydrogen-bond acceptors (Lipinski definition) is 3. The molecule has 0 spiro atoms. The highest BCUT2D eigenvalue weighted by Gasteiger charge is 2.26. The van der Waals surface area contributed by atoms with Crippen molar-refractivity contribution in [2.45, 2.75) is 16.3 Å². The van der Waals surface area contributed by atoms with Gasteiger partial charge in [-0.25, -0.2) is 13.4 Å². The molecule has 0 aliphatic rings. The Hall–Kier alpha value is -2.89. The zero-order chi connectivity index (χ0) is 19.6. The minimum Gasteiger partial charge on any atom is -0.379 e. The zero-order valence-corrected chi connectivity index (χ0v) is 16.5. The third-order valence-electron chi connectivity index (χ3n) is 4.53. The molecule has 0 bridgehead atoms. The van der Waals surface area contributed by atoms with Crippen LogP contribution in [-0.4, -0.2) is 8.42 Å². The van der Waals surface area contributed by atoms with Gasteiger partial charge in [-0.15, -0.1) is 0 Å². The van der Waals surface area contributed by atoms with Gasteiger partial charge in [-0.2, -0.15) is 0 Å². The maximum absolute atomic E-state index is 13.3. The van der Waals surface area contributed by atoms with Crippen molar-refractivity contribution in [3.63, 3.8) is 0 Å². The Morgan fingerprint density at radius 3 is 2.29 bits per heavy atom. The predicted octanol–water partition coefficient (Wildman–Crippen LogP) is 4.75. The lowest BCUT2D eigenvalue weighted by atomic mass is 10.1. The maximum Gasteiger partial charge on any atom is 0.214 e. The number of aromatic amines is 1. The average Bonchev–Trinajstić information content (AvgIpc) is 2.73. The SMILES string of the molecule is O=S(=O)(c1ccc(Cl)cc1)c1c[nH+]c2ccccc2c1NCc1ccccc1. The standard InChI is InChI=1S/C22H17ClN2O2S/c23-17-10-12-18(13-11-17)28(26,27)21-15-24-20-9-5-4-8-19(20)22(21)25-14-16-6-2-1-3-7-16/h1-13,15H,14H2,(H,24,25)/p+1. The molecule has 4 rings (SSSR count). The van der Waals surface area contributed by atoms with Gasteiger partial charge in [0.15, 0.2) is 11.1 Å². The number of hydrogen-bond donors (Lipinski definition) is 1. The number of rotatable bonds is 5. The molecule has 0 aliphatic heterocycles. The van der Waals surface area contributed by atoms with E-state index in [0.717, 1.165) is 16.5 Å². The lowest BCUT2D eigenvalue weighted by molar-refractivity contribution is -0.347. The number of pyridine rings is 1. The first kappa shape index (κ1) is 18.5. The molecule has 4 aromatic rings. The molecule has 140 valence electrons. The average molecular weight is 410 g/mol. The van der Waals surface area contributed by atoms with Crippen molar-refractivity contribution in [3.8, 4) is 0 Å². The Kier molecular flexibility index (Phi) is 5.03. The molecule has 1 aromatic heterocycles. The summed E-state index contributed by atoms with van der Waals surface area (Å²) in [6.07, 6.45) is 1.54. The van der Waals surface area contributed by atoms with E-state index in [0.29, 0.717) is 17.3 Å². The van der Waals surface area contributed by atoms with Crippen LogP contribution in [0.4, 0.5) is 5.69 Å². The summed E-state index contributed by atoms with van der Waals surface area (Å²) in [6, 6.07) is 23.7. The number of benzene rings is 3. The summed E-state index contributed by atoms with van der Waals surface area (Å²) in [4.78, 5) is 3.50. The molecule has 6 heteroatoms. The number of halogens is 1. The summed E-state index contributed by atoms with van der Waals surface area (Å²) in [5.41, 5.74) is 2.50. The second kappa shape index (κ2) is 7.62. The van der Waals surface area contributed by atoms with Gasteiger partial charge in [-0.05, 0) is 35.9 Å². The lowest BCUT2D eigenvalue weighted by Gasteiger charge is -2.13. The number of sulfone groups is 1. The fraction of sp³-hybridized carbons (Fsp3) is 0.0455. The molecule has 2 N–H and O–H groups in total. The highest BCUT2D eigenvalue weighted by Crippen LogP contribution is 2.32. The van der Waals surface area contributed by atoms with Crippen LogP contribution in [0.1, 0.15) is 5.56 Å². The summed E-state index contributed by atoms with van der Waals surface area (Å²) < 4.78 is 26.6. The second-order valence-corrected chi connectivity index (χ2v) is 8.72. The molecule has 28 heavy (non-hydrogen) atoms. The molecule has 0 saturated carbocycles. The zero-order valence-electron chi connectivity index (χ0n) is 14.9. The lowest BCUT2D eigenvalue weighted by Crippen LogP contribution is -2.14. The third kappa shape index (κ3) is 3.59. The molecule has 0 amide bonds. The number of H-pyrrole nitrogens is 1. The molecule has 3 aromatic carbocycles. The van der Waals surface area contributed by atoms with Crippen LogP contribution in [0.15, 0.2) is 94.9 Å². The van der Waals surface area contributed by atoms with Crippen LogP contribution in [0.3, 0.4) is 0 Å². The smallest absolute Gasteiger partial charge is 0.214 e. The normalized spacial score (nSPS) is 11.5. The summed E-state index contributed by atoms with van der Waals surface area (Å²) >= 11 is 5.92. The van der Waals surface area contributed by atoms with E-state index < -0.39 is 9.84 Å². The van der Waals surface area contributed by atoms with Crippen LogP contribution in [0.25, 0.3) is 10.9 Å². The molecular weight excluding hydrogens is 392 g/mol. The monoisotopic (exact) mass is 409 g/mol. The van der Waals surface area contributed by atoms with Crippen LogP contribution in [0.5, 0.6) is 0 Å². The van der Waals surface area contributed by atoms with Gasteiger partial charge in [-0.1, -0.05) is 54.1 Å². The van der Waals surface area contributed by atoms with Crippen LogP contribution in [0.2, 0.25) is 5.02 Å². The number of para-hydroxylation sites is 1. The van der Waals surface area contributed by atoms with E-state index in [9.17, 15) is 8.42 Å². The fourth-order valence-corrected chi connectivity index (χ4v) is 4.64. The topological polar surface area (TPSA) is 60.3 Å². The van der Waals surface area contributed by atoms with E-state index in [4.69, 9.17) is 11.6 Å². The first-order valence-electron chi connectivity index (χ1n) is 8.77. The minimum absolute atomic E-state index is 0.198. The van der Waals surface area contributed by atoms with E-state index in [1.54, 1.807) is 18.3 Å². The summed E-state index contributed by atoms with van der Waals surface area (Å²) in [5, 5.41) is 4.64. The Morgan fingerprint density at radius 1 is 0.857 bits per heavy atom. The van der Waals surface area contributed by atoms with Gasteiger partial charge in [0.1, 0.15) is 0 Å². The summed E-state index contributed by atoms with van der Waals surface area (Å²) in [6.45, 7) is 0.512. The summed E-state index contributed by atoms with van der Waals surface area (Å²) in [7, 11) is -3.73. The molecule has 4 nitrogen and oxygen atoms in total. The van der Waals surface area contributed by atoms with Gasteiger partial charge in [0.05, 0.1) is 16.0 Å². The Balaban J connectivity index is 1.84. The van der Waals surface area contributed by atoms with Crippen LogP contribution >= 0.6 is 11.6 Å². The van der Waals surface area contributed by atoms with Crippen LogP contribution in [0, 0.1) is 0 Å². The number of fused-ring (bicyclic) bond motifs is 1. The fourth-order valence-electron chi connectivity index (χ4n) is 3.10. The van der Waals surface area contributed by atoms with Gasteiger partial charge in [0.25, 0.3) is 0 Å². The second-order valence-electron chi connectivity index (χ2n) is 6.37. The van der Waals surface area contributed by atoms with Crippen molar-refractivity contribution in [1.82, 2.24) is 0 Å². The van der Waals surface area contributed by atoms with E-state index in [2.05, 4.69) is 10.3 Å². The van der Waals surface area contributed by atoms with Crippen molar-refractivity contribution in [2.24, 2.45) is 0 Å². The number of aromatic nitrogens is 1. The molecule has 0 saturated heterocycles. The van der Waals surface area contributed by atoms with Crippen molar-refractivity contribution in [2.75, 3.05) is 5.32 Å². The molecule has 0 radical (unpaired) electrons. The molecule has 0 unspecified atom stereocenters. The molecule has 0 fully saturated rings. The first-order chi connectivity index (χ1) is 13.6. The van der Waals surface area contributed by atoms with Crippen molar-refractivity contribution >= 4 is 38.0 Å². The van der Waals surface area contributed by atoms with Gasteiger partial charge < -0.3 is 5.32 Å².